The van der Waals surface area contributed by atoms with Gasteiger partial charge in [-0.3, -0.25) is 0 Å². The highest BCUT2D eigenvalue weighted by atomic mass is 15.2. The van der Waals surface area contributed by atoms with Gasteiger partial charge < -0.3 is 5.73 Å². The average molecular weight is 138 g/mol. The molecule has 0 bridgehead atoms. The zero-order valence-corrected chi connectivity index (χ0v) is 6.07. The van der Waals surface area contributed by atoms with E-state index in [0.717, 1.165) is 0 Å². The first-order valence-electron chi connectivity index (χ1n) is 3.15. The largest absolute Gasteiger partial charge is 0.382 e. The molecule has 0 atom stereocenters. The Morgan fingerprint density at radius 3 is 2.60 bits per heavy atom. The summed E-state index contributed by atoms with van der Waals surface area (Å²) in [6, 6.07) is 0. The van der Waals surface area contributed by atoms with Crippen LogP contribution in [0.25, 0.3) is 0 Å². The third-order valence-corrected chi connectivity index (χ3v) is 1.11. The van der Waals surface area contributed by atoms with Crippen LogP contribution in [-0.4, -0.2) is 15.2 Å². The average Bonchev–Trinajstić information content (AvgIpc) is 1.88. The van der Waals surface area contributed by atoms with Gasteiger partial charge in [-0.2, -0.15) is 5.10 Å². The van der Waals surface area contributed by atoms with Crippen LogP contribution < -0.4 is 5.73 Å². The Morgan fingerprint density at radius 2 is 2.20 bits per heavy atom. The molecule has 0 aromatic carbocycles. The van der Waals surface area contributed by atoms with E-state index < -0.39 is 0 Å². The van der Waals surface area contributed by atoms with Gasteiger partial charge in [-0.05, 0) is 0 Å². The summed E-state index contributed by atoms with van der Waals surface area (Å²) >= 11 is 0. The van der Waals surface area contributed by atoms with E-state index in [1.807, 2.05) is 13.8 Å². The molecule has 10 heavy (non-hydrogen) atoms. The van der Waals surface area contributed by atoms with Crippen LogP contribution >= 0.6 is 0 Å². The second-order valence-electron chi connectivity index (χ2n) is 2.39. The van der Waals surface area contributed by atoms with E-state index in [1.165, 1.54) is 6.20 Å². The number of nitrogen functional groups attached to an aromatic ring is 1. The summed E-state index contributed by atoms with van der Waals surface area (Å²) in [4.78, 5) is 3.98. The third kappa shape index (κ3) is 1.40. The van der Waals surface area contributed by atoms with E-state index in [1.54, 1.807) is 0 Å². The molecule has 4 heteroatoms. The molecule has 1 aromatic heterocycles. The number of nitrogens with two attached hydrogens (primary N) is 1. The molecule has 0 fully saturated rings. The first kappa shape index (κ1) is 6.92. The number of hydrogen-bond acceptors (Lipinski definition) is 4. The molecule has 0 saturated carbocycles. The van der Waals surface area contributed by atoms with Crippen molar-refractivity contribution in [2.24, 2.45) is 0 Å². The second kappa shape index (κ2) is 2.60. The Labute approximate surface area is 59.5 Å². The van der Waals surface area contributed by atoms with E-state index in [4.69, 9.17) is 5.73 Å². The van der Waals surface area contributed by atoms with E-state index >= 15 is 0 Å². The van der Waals surface area contributed by atoms with Crippen molar-refractivity contribution in [1.29, 1.82) is 0 Å². The van der Waals surface area contributed by atoms with E-state index in [9.17, 15) is 0 Å². The molecule has 0 aliphatic carbocycles. The van der Waals surface area contributed by atoms with Crippen LogP contribution in [0.1, 0.15) is 25.6 Å². The summed E-state index contributed by atoms with van der Waals surface area (Å²) in [5.41, 5.74) is 5.38. The lowest BCUT2D eigenvalue weighted by molar-refractivity contribution is 0.739. The van der Waals surface area contributed by atoms with Crippen molar-refractivity contribution in [2.75, 3.05) is 5.73 Å². The molecular formula is C6H10N4. The lowest BCUT2D eigenvalue weighted by Crippen LogP contribution is -2.02. The lowest BCUT2D eigenvalue weighted by Gasteiger charge is -2.00. The Hall–Kier alpha value is -1.19. The van der Waals surface area contributed by atoms with E-state index in [2.05, 4.69) is 15.2 Å². The van der Waals surface area contributed by atoms with Crippen LogP contribution in [0, 0.1) is 0 Å². The highest BCUT2D eigenvalue weighted by molar-refractivity contribution is 5.21. The van der Waals surface area contributed by atoms with Crippen LogP contribution in [0.4, 0.5) is 5.82 Å². The molecule has 0 spiro atoms. The van der Waals surface area contributed by atoms with Crippen molar-refractivity contribution >= 4 is 5.82 Å². The topological polar surface area (TPSA) is 64.7 Å². The van der Waals surface area contributed by atoms with Crippen molar-refractivity contribution in [1.82, 2.24) is 15.2 Å². The first-order valence-corrected chi connectivity index (χ1v) is 3.15. The molecule has 0 aliphatic heterocycles. The highest BCUT2D eigenvalue weighted by Gasteiger charge is 2.01. The number of nitrogens with zero attached hydrogens (tertiary/aromatic N) is 3. The summed E-state index contributed by atoms with van der Waals surface area (Å²) in [5, 5.41) is 7.47. The number of aromatic nitrogens is 3. The second-order valence-corrected chi connectivity index (χ2v) is 2.39. The maximum Gasteiger partial charge on any atom is 0.155 e. The lowest BCUT2D eigenvalue weighted by atomic mass is 10.2. The molecule has 0 aliphatic rings. The standard InChI is InChI=1S/C6H10N4/c1-4(2)6-9-5(7)3-8-10-6/h3-4H,1-2H3,(H2,7,9,10). The summed E-state index contributed by atoms with van der Waals surface area (Å²) < 4.78 is 0. The number of anilines is 1. The third-order valence-electron chi connectivity index (χ3n) is 1.11. The number of hydrogen-bond donors (Lipinski definition) is 1. The fraction of sp³-hybridized carbons (Fsp3) is 0.500. The van der Waals surface area contributed by atoms with E-state index in [-0.39, 0.29) is 5.92 Å². The Balaban J connectivity index is 2.96. The molecular weight excluding hydrogens is 128 g/mol. The summed E-state index contributed by atoms with van der Waals surface area (Å²) in [6.07, 6.45) is 1.44. The molecule has 1 rings (SSSR count). The van der Waals surface area contributed by atoms with E-state index in [0.29, 0.717) is 11.6 Å². The Bertz CT molecular complexity index is 221. The summed E-state index contributed by atoms with van der Waals surface area (Å²) in [7, 11) is 0. The van der Waals surface area contributed by atoms with Crippen LogP contribution in [0.2, 0.25) is 0 Å². The van der Waals surface area contributed by atoms with Gasteiger partial charge in [0.15, 0.2) is 5.82 Å². The Kier molecular flexibility index (Phi) is 1.80. The number of rotatable bonds is 1. The molecule has 2 N–H and O–H groups in total. The zero-order valence-electron chi connectivity index (χ0n) is 6.07. The van der Waals surface area contributed by atoms with Gasteiger partial charge in [0, 0.05) is 5.92 Å². The van der Waals surface area contributed by atoms with Gasteiger partial charge in [0.1, 0.15) is 5.82 Å². The predicted molar refractivity (Wildman–Crippen MR) is 38.3 cm³/mol. The van der Waals surface area contributed by atoms with Gasteiger partial charge in [-0.25, -0.2) is 4.98 Å². The van der Waals surface area contributed by atoms with Crippen molar-refractivity contribution in [3.63, 3.8) is 0 Å². The van der Waals surface area contributed by atoms with Gasteiger partial charge in [0.2, 0.25) is 0 Å². The maximum absolute atomic E-state index is 5.38. The predicted octanol–water partition coefficient (Wildman–Crippen LogP) is 0.577. The van der Waals surface area contributed by atoms with Crippen LogP contribution in [0.15, 0.2) is 6.20 Å². The van der Waals surface area contributed by atoms with Crippen molar-refractivity contribution in [3.05, 3.63) is 12.0 Å². The van der Waals surface area contributed by atoms with Gasteiger partial charge >= 0.3 is 0 Å². The van der Waals surface area contributed by atoms with Crippen LogP contribution in [0.5, 0.6) is 0 Å². The molecule has 0 saturated heterocycles. The highest BCUT2D eigenvalue weighted by Crippen LogP contribution is 2.06. The normalized spacial score (nSPS) is 10.3. The SMILES string of the molecule is CC(C)c1nncc(N)n1. The summed E-state index contributed by atoms with van der Waals surface area (Å²) in [5.74, 6) is 1.41. The fourth-order valence-electron chi connectivity index (χ4n) is 0.575. The van der Waals surface area contributed by atoms with Crippen LogP contribution in [-0.2, 0) is 0 Å². The van der Waals surface area contributed by atoms with Crippen LogP contribution in [0.3, 0.4) is 0 Å². The Morgan fingerprint density at radius 1 is 1.50 bits per heavy atom. The first-order chi connectivity index (χ1) is 4.70. The molecule has 1 heterocycles. The molecule has 4 nitrogen and oxygen atoms in total. The monoisotopic (exact) mass is 138 g/mol. The zero-order chi connectivity index (χ0) is 7.56. The quantitative estimate of drug-likeness (QED) is 0.616. The van der Waals surface area contributed by atoms with Gasteiger partial charge in [0.05, 0.1) is 6.20 Å². The molecule has 0 amide bonds. The van der Waals surface area contributed by atoms with Gasteiger partial charge in [-0.15, -0.1) is 5.10 Å². The minimum absolute atomic E-state index is 0.288. The maximum atomic E-state index is 5.38. The van der Waals surface area contributed by atoms with Crippen molar-refractivity contribution < 1.29 is 0 Å². The molecule has 0 unspecified atom stereocenters. The van der Waals surface area contributed by atoms with Gasteiger partial charge in [-0.1, -0.05) is 13.8 Å². The molecule has 1 aromatic rings. The smallest absolute Gasteiger partial charge is 0.155 e. The van der Waals surface area contributed by atoms with Gasteiger partial charge in [0.25, 0.3) is 0 Å². The van der Waals surface area contributed by atoms with Crippen molar-refractivity contribution in [2.45, 2.75) is 19.8 Å². The van der Waals surface area contributed by atoms with Crippen molar-refractivity contribution in [3.8, 4) is 0 Å². The minimum atomic E-state index is 0.288. The minimum Gasteiger partial charge on any atom is -0.382 e. The molecule has 54 valence electrons. The molecule has 0 radical (unpaired) electrons. The fourth-order valence-corrected chi connectivity index (χ4v) is 0.575. The summed E-state index contributed by atoms with van der Waals surface area (Å²) in [6.45, 7) is 3.99.